The lowest BCUT2D eigenvalue weighted by Crippen LogP contribution is -2.33. The highest BCUT2D eigenvalue weighted by Crippen LogP contribution is 2.34. The average molecular weight is 578 g/mol. The van der Waals surface area contributed by atoms with Crippen LogP contribution in [0.15, 0.2) is 47.9 Å². The first-order valence-electron chi connectivity index (χ1n) is 14.6. The number of ketones is 1. The largest absolute Gasteiger partial charge is 0.433 e. The molecule has 1 saturated carbocycles. The minimum Gasteiger partial charge on any atom is -0.342 e. The maximum Gasteiger partial charge on any atom is 0.433 e. The van der Waals surface area contributed by atoms with Gasteiger partial charge in [-0.2, -0.15) is 13.2 Å². The van der Waals surface area contributed by atoms with Gasteiger partial charge in [0.15, 0.2) is 11.4 Å². The van der Waals surface area contributed by atoms with Gasteiger partial charge in [0.25, 0.3) is 0 Å². The summed E-state index contributed by atoms with van der Waals surface area (Å²) in [5, 5.41) is 0. The number of benzene rings is 1. The summed E-state index contributed by atoms with van der Waals surface area (Å²) in [7, 11) is 0. The van der Waals surface area contributed by atoms with Gasteiger partial charge in [-0.1, -0.05) is 31.2 Å². The van der Waals surface area contributed by atoms with Crippen molar-refractivity contribution in [2.24, 2.45) is 22.7 Å². The molecule has 0 N–H and O–H groups in total. The highest BCUT2D eigenvalue weighted by Gasteiger charge is 2.40. The van der Waals surface area contributed by atoms with Crippen LogP contribution in [0.3, 0.4) is 0 Å². The lowest BCUT2D eigenvalue weighted by atomic mass is 9.93. The van der Waals surface area contributed by atoms with Crippen LogP contribution >= 0.6 is 0 Å². The quantitative estimate of drug-likeness (QED) is 0.328. The molecule has 0 unspecified atom stereocenters. The Hall–Kier alpha value is -3.82. The van der Waals surface area contributed by atoms with Gasteiger partial charge in [-0.3, -0.25) is 24.0 Å². The summed E-state index contributed by atoms with van der Waals surface area (Å²) in [6.45, 7) is 5.49. The van der Waals surface area contributed by atoms with Gasteiger partial charge in [-0.05, 0) is 55.6 Å². The van der Waals surface area contributed by atoms with Crippen molar-refractivity contribution >= 4 is 28.6 Å². The van der Waals surface area contributed by atoms with Crippen LogP contribution in [-0.2, 0) is 11.2 Å². The molecule has 6 rings (SSSR count). The van der Waals surface area contributed by atoms with Crippen LogP contribution in [0, 0.1) is 24.7 Å². The van der Waals surface area contributed by atoms with E-state index in [-0.39, 0.29) is 35.6 Å². The molecule has 4 heterocycles. The highest BCUT2D eigenvalue weighted by molar-refractivity contribution is 6.27. The Kier molecular flexibility index (Phi) is 7.49. The van der Waals surface area contributed by atoms with Crippen molar-refractivity contribution in [2.75, 3.05) is 19.6 Å². The number of hydrogen-bond acceptors (Lipinski definition) is 5. The monoisotopic (exact) mass is 577 g/mol. The van der Waals surface area contributed by atoms with E-state index in [9.17, 15) is 22.8 Å². The van der Waals surface area contributed by atoms with Crippen LogP contribution in [0.4, 0.5) is 13.2 Å². The Morgan fingerprint density at radius 1 is 1.12 bits per heavy atom. The van der Waals surface area contributed by atoms with Crippen LogP contribution in [0.1, 0.15) is 71.9 Å². The molecule has 3 aliphatic rings. The van der Waals surface area contributed by atoms with E-state index in [0.29, 0.717) is 47.9 Å². The van der Waals surface area contributed by atoms with E-state index in [1.165, 1.54) is 12.3 Å². The van der Waals surface area contributed by atoms with Crippen molar-refractivity contribution in [3.8, 4) is 0 Å². The Morgan fingerprint density at radius 3 is 2.69 bits per heavy atom. The third kappa shape index (κ3) is 5.51. The molecular weight excluding hydrogens is 543 g/mol. The predicted octanol–water partition coefficient (Wildman–Crippen LogP) is 5.89. The normalized spacial score (nSPS) is 22.6. The molecule has 2 aliphatic heterocycles. The molecular formula is C32H34F3N5O2. The molecule has 220 valence electrons. The van der Waals surface area contributed by atoms with Gasteiger partial charge >= 0.3 is 6.18 Å². The molecule has 1 aromatic carbocycles. The van der Waals surface area contributed by atoms with E-state index in [2.05, 4.69) is 21.9 Å². The fourth-order valence-electron chi connectivity index (χ4n) is 6.78. The number of imidazole rings is 1. The molecule has 0 radical (unpaired) electrons. The number of fused-ring (bicyclic) bond motifs is 1. The molecule has 0 bridgehead atoms. The van der Waals surface area contributed by atoms with Gasteiger partial charge in [-0.25, -0.2) is 4.98 Å². The molecule has 2 aromatic heterocycles. The van der Waals surface area contributed by atoms with Crippen LogP contribution < -0.4 is 0 Å². The molecule has 1 aliphatic carbocycles. The zero-order valence-corrected chi connectivity index (χ0v) is 23.8. The fourth-order valence-corrected chi connectivity index (χ4v) is 6.78. The summed E-state index contributed by atoms with van der Waals surface area (Å²) in [5.41, 5.74) is 3.02. The average Bonchev–Trinajstić information content (AvgIpc) is 3.74. The summed E-state index contributed by atoms with van der Waals surface area (Å²) in [4.78, 5) is 40.6. The Balaban J connectivity index is 1.12. The number of aryl methyl sites for hydroxylation is 1. The van der Waals surface area contributed by atoms with Crippen molar-refractivity contribution in [3.63, 3.8) is 0 Å². The van der Waals surface area contributed by atoms with Crippen LogP contribution in [0.2, 0.25) is 0 Å². The van der Waals surface area contributed by atoms with E-state index in [1.54, 1.807) is 16.8 Å². The first-order valence-corrected chi connectivity index (χ1v) is 14.6. The predicted molar refractivity (Wildman–Crippen MR) is 153 cm³/mol. The van der Waals surface area contributed by atoms with E-state index in [0.717, 1.165) is 43.4 Å². The number of alkyl halides is 3. The number of Topliss-reactive ketones (excluding diaryl/α,β-unsaturated/α-hetero) is 1. The van der Waals surface area contributed by atoms with Gasteiger partial charge in [0.05, 0.1) is 24.1 Å². The van der Waals surface area contributed by atoms with Gasteiger partial charge in [0.1, 0.15) is 5.71 Å². The molecule has 3 atom stereocenters. The number of carbonyl (C=O) groups is 2. The fraction of sp³-hybridized carbons (Fsp3) is 0.469. The number of allylic oxidation sites excluding steroid dienone is 1. The zero-order chi connectivity index (χ0) is 29.6. The third-order valence-electron chi connectivity index (χ3n) is 8.92. The van der Waals surface area contributed by atoms with Crippen molar-refractivity contribution < 1.29 is 22.8 Å². The third-order valence-corrected chi connectivity index (χ3v) is 8.92. The standard InChI is InChI=1S/C32H34F3N5O2/c1-19-3-5-23(13-19)31(42)39-11-8-22(18-39)16-28(41)24-6-4-21(14-20(24)2)15-26-30-38-17-27(40(30)12-10-36-26)25-7-9-37-29(25)32(33,34)35/h4,6-7,10,12,14,17,19,22-23H,3,5,8-9,11,13,15-16,18H2,1-2H3/t19-,22+,23-/m0/s1. The Morgan fingerprint density at radius 2 is 1.95 bits per heavy atom. The number of halogens is 3. The number of aliphatic imine (C=N–C) groups is 1. The van der Waals surface area contributed by atoms with Crippen molar-refractivity contribution in [2.45, 2.75) is 58.5 Å². The van der Waals surface area contributed by atoms with Crippen LogP contribution in [0.5, 0.6) is 0 Å². The topological polar surface area (TPSA) is 79.9 Å². The van der Waals surface area contributed by atoms with Gasteiger partial charge in [-0.15, -0.1) is 0 Å². The lowest BCUT2D eigenvalue weighted by molar-refractivity contribution is -0.134. The summed E-state index contributed by atoms with van der Waals surface area (Å²) in [6.07, 6.45) is 6.26. The number of rotatable bonds is 7. The second kappa shape index (κ2) is 11.1. The SMILES string of the molecule is Cc1cc(Cc2nccn3c(C4=CCN=C4C(F)(F)F)cnc23)ccc1C(=O)C[C@H]1CCN(C(=O)[C@H]2CC[C@H](C)C2)C1. The first-order chi connectivity index (χ1) is 20.1. The van der Waals surface area contributed by atoms with E-state index in [1.807, 2.05) is 30.0 Å². The molecule has 3 aromatic rings. The maximum atomic E-state index is 13.5. The smallest absolute Gasteiger partial charge is 0.342 e. The zero-order valence-electron chi connectivity index (χ0n) is 23.8. The van der Waals surface area contributed by atoms with Gasteiger partial charge < -0.3 is 4.90 Å². The minimum absolute atomic E-state index is 0.0172. The van der Waals surface area contributed by atoms with Crippen LogP contribution in [0.25, 0.3) is 11.2 Å². The van der Waals surface area contributed by atoms with Crippen molar-refractivity contribution in [1.82, 2.24) is 19.3 Å². The molecule has 42 heavy (non-hydrogen) atoms. The highest BCUT2D eigenvalue weighted by atomic mass is 19.4. The Labute approximate surface area is 242 Å². The maximum absolute atomic E-state index is 13.5. The summed E-state index contributed by atoms with van der Waals surface area (Å²) < 4.78 is 42.0. The van der Waals surface area contributed by atoms with E-state index >= 15 is 0 Å². The second-order valence-electron chi connectivity index (χ2n) is 12.0. The first kappa shape index (κ1) is 28.3. The van der Waals surface area contributed by atoms with E-state index < -0.39 is 11.9 Å². The number of aromatic nitrogens is 3. The summed E-state index contributed by atoms with van der Waals surface area (Å²) in [5.74, 6) is 1.27. The number of nitrogens with zero attached hydrogens (tertiary/aromatic N) is 5. The second-order valence-corrected chi connectivity index (χ2v) is 12.0. The van der Waals surface area contributed by atoms with Crippen LogP contribution in [-0.4, -0.2) is 62.5 Å². The minimum atomic E-state index is -4.54. The number of likely N-dealkylation sites (tertiary alicyclic amines) is 1. The number of carbonyl (C=O) groups excluding carboxylic acids is 2. The van der Waals surface area contributed by atoms with Crippen molar-refractivity contribution in [3.05, 3.63) is 70.9 Å². The van der Waals surface area contributed by atoms with Crippen molar-refractivity contribution in [1.29, 1.82) is 0 Å². The molecule has 7 nitrogen and oxygen atoms in total. The molecule has 1 saturated heterocycles. The lowest BCUT2D eigenvalue weighted by Gasteiger charge is -2.20. The number of hydrogen-bond donors (Lipinski definition) is 0. The molecule has 1 amide bonds. The van der Waals surface area contributed by atoms with E-state index in [4.69, 9.17) is 0 Å². The Bertz CT molecular complexity index is 1610. The molecule has 10 heteroatoms. The van der Waals surface area contributed by atoms with Gasteiger partial charge in [0, 0.05) is 55.4 Å². The summed E-state index contributed by atoms with van der Waals surface area (Å²) in [6, 6.07) is 5.70. The summed E-state index contributed by atoms with van der Waals surface area (Å²) >= 11 is 0. The van der Waals surface area contributed by atoms with Gasteiger partial charge in [0.2, 0.25) is 5.91 Å². The number of amides is 1. The molecule has 0 spiro atoms. The molecule has 2 fully saturated rings.